The van der Waals surface area contributed by atoms with E-state index in [0.29, 0.717) is 19.0 Å². The van der Waals surface area contributed by atoms with Crippen LogP contribution in [-0.2, 0) is 13.0 Å². The number of fused-ring (bicyclic) bond motifs is 1. The second kappa shape index (κ2) is 11.3. The summed E-state index contributed by atoms with van der Waals surface area (Å²) in [5.41, 5.74) is 2.29. The van der Waals surface area contributed by atoms with Gasteiger partial charge in [-0.25, -0.2) is 4.99 Å². The molecule has 2 heterocycles. The maximum Gasteiger partial charge on any atom is 0.191 e. The number of rotatable bonds is 8. The molecular formula is C21H31IN4O2. The smallest absolute Gasteiger partial charge is 0.191 e. The summed E-state index contributed by atoms with van der Waals surface area (Å²) in [6.45, 7) is 8.38. The Bertz CT molecular complexity index is 733. The van der Waals surface area contributed by atoms with Crippen molar-refractivity contribution in [1.82, 2.24) is 15.8 Å². The lowest BCUT2D eigenvalue weighted by Crippen LogP contribution is -2.42. The number of hydrogen-bond acceptors (Lipinski definition) is 4. The van der Waals surface area contributed by atoms with E-state index in [4.69, 9.17) is 9.26 Å². The number of guanidine groups is 1. The van der Waals surface area contributed by atoms with Gasteiger partial charge >= 0.3 is 0 Å². The lowest BCUT2D eigenvalue weighted by Gasteiger charge is -2.15. The maximum atomic E-state index is 5.98. The highest BCUT2D eigenvalue weighted by molar-refractivity contribution is 14.0. The number of benzene rings is 1. The summed E-state index contributed by atoms with van der Waals surface area (Å²) in [4.78, 5) is 4.62. The summed E-state index contributed by atoms with van der Waals surface area (Å²) in [6, 6.07) is 10.2. The summed E-state index contributed by atoms with van der Waals surface area (Å²) in [5, 5.41) is 10.9. The normalized spacial score (nSPS) is 15.7. The van der Waals surface area contributed by atoms with Crippen molar-refractivity contribution in [3.63, 3.8) is 0 Å². The molecule has 1 unspecified atom stereocenters. The molecule has 1 aliphatic rings. The van der Waals surface area contributed by atoms with Crippen LogP contribution in [0, 0.1) is 0 Å². The number of aromatic nitrogens is 1. The zero-order valence-corrected chi connectivity index (χ0v) is 19.2. The Morgan fingerprint density at radius 2 is 2.00 bits per heavy atom. The Hall–Kier alpha value is -1.77. The van der Waals surface area contributed by atoms with Crippen molar-refractivity contribution >= 4 is 29.9 Å². The van der Waals surface area contributed by atoms with Gasteiger partial charge in [-0.2, -0.15) is 0 Å². The largest absolute Gasteiger partial charge is 0.488 e. The van der Waals surface area contributed by atoms with Crippen molar-refractivity contribution in [3.05, 3.63) is 47.3 Å². The van der Waals surface area contributed by atoms with E-state index < -0.39 is 0 Å². The molecule has 3 rings (SSSR count). The van der Waals surface area contributed by atoms with Crippen LogP contribution in [0.25, 0.3) is 0 Å². The zero-order chi connectivity index (χ0) is 19.1. The second-order valence-corrected chi connectivity index (χ2v) is 6.86. The van der Waals surface area contributed by atoms with Crippen LogP contribution in [0.3, 0.4) is 0 Å². The molecule has 2 aromatic rings. The number of para-hydroxylation sites is 1. The van der Waals surface area contributed by atoms with Gasteiger partial charge in [-0.15, -0.1) is 24.0 Å². The van der Waals surface area contributed by atoms with Gasteiger partial charge in [0.05, 0.1) is 12.2 Å². The summed E-state index contributed by atoms with van der Waals surface area (Å²) < 4.78 is 11.4. The second-order valence-electron chi connectivity index (χ2n) is 6.86. The van der Waals surface area contributed by atoms with Gasteiger partial charge in [-0.3, -0.25) is 0 Å². The Morgan fingerprint density at radius 1 is 1.21 bits per heavy atom. The highest BCUT2D eigenvalue weighted by Gasteiger charge is 2.22. The Balaban J connectivity index is 0.00000280. The van der Waals surface area contributed by atoms with Crippen LogP contribution >= 0.6 is 24.0 Å². The standard InChI is InChI=1S/C21H30N4O2.HI/c1-4-15(5-2)19-12-18(27-25-19)14-24-21(22-6-3)23-13-17-11-16-9-7-8-10-20(16)26-17;/h7-10,12,15,17H,4-6,11,13-14H2,1-3H3,(H2,22,23,24);1H. The fourth-order valence-electron chi connectivity index (χ4n) is 3.38. The van der Waals surface area contributed by atoms with Gasteiger partial charge in [0, 0.05) is 24.9 Å². The van der Waals surface area contributed by atoms with Crippen molar-refractivity contribution in [2.45, 2.75) is 58.6 Å². The van der Waals surface area contributed by atoms with Crippen molar-refractivity contribution < 1.29 is 9.26 Å². The minimum absolute atomic E-state index is 0. The Morgan fingerprint density at radius 3 is 2.71 bits per heavy atom. The zero-order valence-electron chi connectivity index (χ0n) is 16.9. The van der Waals surface area contributed by atoms with E-state index in [2.05, 4.69) is 53.7 Å². The summed E-state index contributed by atoms with van der Waals surface area (Å²) >= 11 is 0. The molecule has 0 aliphatic carbocycles. The number of nitrogens with zero attached hydrogens (tertiary/aromatic N) is 2. The van der Waals surface area contributed by atoms with E-state index in [0.717, 1.165) is 49.0 Å². The molecule has 0 saturated carbocycles. The topological polar surface area (TPSA) is 71.7 Å². The van der Waals surface area contributed by atoms with Crippen LogP contribution < -0.4 is 15.4 Å². The molecule has 1 aliphatic heterocycles. The predicted octanol–water partition coefficient (Wildman–Crippen LogP) is 4.26. The molecule has 0 spiro atoms. The van der Waals surface area contributed by atoms with Gasteiger partial charge in [0.2, 0.25) is 0 Å². The van der Waals surface area contributed by atoms with Crippen molar-refractivity contribution in [3.8, 4) is 5.75 Å². The van der Waals surface area contributed by atoms with Gasteiger partial charge in [0.1, 0.15) is 18.4 Å². The SMILES string of the molecule is CCNC(=NCc1cc(C(CC)CC)no1)NCC1Cc2ccccc2O1.I. The molecule has 1 aromatic carbocycles. The average molecular weight is 498 g/mol. The monoisotopic (exact) mass is 498 g/mol. The van der Waals surface area contributed by atoms with Crippen molar-refractivity contribution in [1.29, 1.82) is 0 Å². The number of halogens is 1. The number of hydrogen-bond donors (Lipinski definition) is 2. The quantitative estimate of drug-likeness (QED) is 0.324. The van der Waals surface area contributed by atoms with E-state index in [-0.39, 0.29) is 30.1 Å². The van der Waals surface area contributed by atoms with E-state index in [1.54, 1.807) is 0 Å². The van der Waals surface area contributed by atoms with Gasteiger partial charge in [-0.1, -0.05) is 37.2 Å². The first kappa shape index (κ1) is 22.5. The highest BCUT2D eigenvalue weighted by atomic mass is 127. The van der Waals surface area contributed by atoms with Crippen LogP contribution in [0.2, 0.25) is 0 Å². The summed E-state index contributed by atoms with van der Waals surface area (Å²) in [7, 11) is 0. The molecule has 0 bridgehead atoms. The molecule has 1 atom stereocenters. The summed E-state index contributed by atoms with van der Waals surface area (Å²) in [5.74, 6) is 3.00. The molecule has 0 fully saturated rings. The first-order valence-electron chi connectivity index (χ1n) is 9.95. The van der Waals surface area contributed by atoms with Crippen LogP contribution in [0.15, 0.2) is 39.8 Å². The summed E-state index contributed by atoms with van der Waals surface area (Å²) in [6.07, 6.45) is 3.18. The van der Waals surface area contributed by atoms with Crippen LogP contribution in [-0.4, -0.2) is 30.3 Å². The molecule has 7 heteroatoms. The Labute approximate surface area is 184 Å². The average Bonchev–Trinajstić information content (AvgIpc) is 3.31. The van der Waals surface area contributed by atoms with Crippen molar-refractivity contribution in [2.75, 3.05) is 13.1 Å². The predicted molar refractivity (Wildman–Crippen MR) is 123 cm³/mol. The Kier molecular flexibility index (Phi) is 9.08. The van der Waals surface area contributed by atoms with Gasteiger partial charge in [0.25, 0.3) is 0 Å². The molecule has 28 heavy (non-hydrogen) atoms. The molecule has 6 nitrogen and oxygen atoms in total. The minimum Gasteiger partial charge on any atom is -0.488 e. The third-order valence-electron chi connectivity index (χ3n) is 4.93. The highest BCUT2D eigenvalue weighted by Crippen LogP contribution is 2.27. The maximum absolute atomic E-state index is 5.98. The fourth-order valence-corrected chi connectivity index (χ4v) is 3.38. The van der Waals surface area contributed by atoms with Crippen LogP contribution in [0.4, 0.5) is 0 Å². The molecule has 0 saturated heterocycles. The third-order valence-corrected chi connectivity index (χ3v) is 4.93. The molecule has 2 N–H and O–H groups in total. The minimum atomic E-state index is 0. The van der Waals surface area contributed by atoms with E-state index in [1.807, 2.05) is 18.2 Å². The van der Waals surface area contributed by atoms with Crippen molar-refractivity contribution in [2.24, 2.45) is 4.99 Å². The lowest BCUT2D eigenvalue weighted by atomic mass is 9.99. The molecular weight excluding hydrogens is 467 g/mol. The number of aliphatic imine (C=N–C) groups is 1. The third kappa shape index (κ3) is 5.86. The molecule has 0 amide bonds. The van der Waals surface area contributed by atoms with Crippen LogP contribution in [0.5, 0.6) is 5.75 Å². The van der Waals surface area contributed by atoms with Gasteiger partial charge in [0.15, 0.2) is 11.7 Å². The van der Waals surface area contributed by atoms with E-state index >= 15 is 0 Å². The number of nitrogens with one attached hydrogen (secondary N) is 2. The first-order valence-corrected chi connectivity index (χ1v) is 9.95. The van der Waals surface area contributed by atoms with Gasteiger partial charge in [-0.05, 0) is 31.4 Å². The molecule has 154 valence electrons. The molecule has 0 radical (unpaired) electrons. The number of ether oxygens (including phenoxy) is 1. The van der Waals surface area contributed by atoms with E-state index in [9.17, 15) is 0 Å². The fraction of sp³-hybridized carbons (Fsp3) is 0.524. The van der Waals surface area contributed by atoms with E-state index in [1.165, 1.54) is 5.56 Å². The van der Waals surface area contributed by atoms with Gasteiger partial charge < -0.3 is 19.9 Å². The van der Waals surface area contributed by atoms with Crippen LogP contribution in [0.1, 0.15) is 56.5 Å². The first-order chi connectivity index (χ1) is 13.2. The molecule has 1 aromatic heterocycles. The lowest BCUT2D eigenvalue weighted by molar-refractivity contribution is 0.235.